The number of azide groups is 1. The maximum atomic E-state index is 12.9. The molecule has 10 heteroatoms. The van der Waals surface area contributed by atoms with E-state index in [2.05, 4.69) is 15.3 Å². The van der Waals surface area contributed by atoms with Crippen molar-refractivity contribution in [3.8, 4) is 5.75 Å². The van der Waals surface area contributed by atoms with E-state index in [1.54, 1.807) is 7.11 Å². The number of amides is 1. The van der Waals surface area contributed by atoms with Crippen LogP contribution >= 0.6 is 0 Å². The Morgan fingerprint density at radius 2 is 1.92 bits per heavy atom. The van der Waals surface area contributed by atoms with Crippen LogP contribution in [0.5, 0.6) is 5.75 Å². The van der Waals surface area contributed by atoms with Crippen molar-refractivity contribution in [1.82, 2.24) is 5.32 Å². The van der Waals surface area contributed by atoms with Crippen LogP contribution in [0.25, 0.3) is 10.4 Å². The number of benzene rings is 1. The van der Waals surface area contributed by atoms with Crippen molar-refractivity contribution < 1.29 is 29.2 Å². The normalized spacial score (nSPS) is 14.7. The van der Waals surface area contributed by atoms with Crippen LogP contribution in [0.2, 0.25) is 0 Å². The number of hydrogen-bond donors (Lipinski definition) is 3. The van der Waals surface area contributed by atoms with Crippen molar-refractivity contribution in [3.63, 3.8) is 0 Å². The summed E-state index contributed by atoms with van der Waals surface area (Å²) in [5, 5.41) is 27.0. The molecule has 0 saturated carbocycles. The highest BCUT2D eigenvalue weighted by molar-refractivity contribution is 5.79. The molecule has 0 aliphatic heterocycles. The molecule has 0 radical (unpaired) electrons. The topological polar surface area (TPSA) is 146 Å². The van der Waals surface area contributed by atoms with E-state index in [0.29, 0.717) is 13.2 Å². The fourth-order valence-electron chi connectivity index (χ4n) is 3.67. The third-order valence-corrected chi connectivity index (χ3v) is 6.17. The monoisotopic (exact) mass is 508 g/mol. The number of carbonyl (C=O) groups is 1. The van der Waals surface area contributed by atoms with Gasteiger partial charge in [-0.05, 0) is 47.9 Å². The molecule has 1 amide bonds. The van der Waals surface area contributed by atoms with Gasteiger partial charge in [-0.25, -0.2) is 0 Å². The zero-order chi connectivity index (χ0) is 27.1. The Balaban J connectivity index is 2.75. The summed E-state index contributed by atoms with van der Waals surface area (Å²) in [4.78, 5) is 15.7. The van der Waals surface area contributed by atoms with Crippen LogP contribution in [0.3, 0.4) is 0 Å². The van der Waals surface area contributed by atoms with E-state index >= 15 is 0 Å². The molecule has 0 saturated heterocycles. The number of nitrogens with zero attached hydrogens (tertiary/aromatic N) is 3. The molecule has 0 aromatic heterocycles. The zero-order valence-electron chi connectivity index (χ0n) is 22.5. The molecule has 204 valence electrons. The van der Waals surface area contributed by atoms with E-state index in [4.69, 9.17) is 19.7 Å². The Morgan fingerprint density at radius 1 is 1.19 bits per heavy atom. The van der Waals surface area contributed by atoms with E-state index in [1.807, 2.05) is 52.8 Å². The molecular weight excluding hydrogens is 464 g/mol. The Labute approximate surface area is 215 Å². The minimum absolute atomic E-state index is 0.000819. The number of ether oxygens (including phenoxy) is 3. The smallest absolute Gasteiger partial charge is 0.223 e. The van der Waals surface area contributed by atoms with Gasteiger partial charge in [-0.15, -0.1) is 0 Å². The third-order valence-electron chi connectivity index (χ3n) is 6.17. The van der Waals surface area contributed by atoms with Crippen molar-refractivity contribution in [2.45, 2.75) is 72.3 Å². The Hall–Kier alpha value is -2.36. The first-order valence-corrected chi connectivity index (χ1v) is 12.6. The van der Waals surface area contributed by atoms with Crippen molar-refractivity contribution in [1.29, 1.82) is 0 Å². The molecule has 1 aromatic carbocycles. The van der Waals surface area contributed by atoms with Crippen molar-refractivity contribution >= 4 is 5.91 Å². The van der Waals surface area contributed by atoms with Crippen LogP contribution < -0.4 is 10.1 Å². The highest BCUT2D eigenvalue weighted by Gasteiger charge is 2.30. The molecular formula is C26H44N4O6. The van der Waals surface area contributed by atoms with Crippen molar-refractivity contribution in [3.05, 3.63) is 39.8 Å². The molecule has 0 spiro atoms. The van der Waals surface area contributed by atoms with Gasteiger partial charge in [-0.1, -0.05) is 44.9 Å². The second-order valence-corrected chi connectivity index (χ2v) is 9.78. The molecule has 0 unspecified atom stereocenters. The van der Waals surface area contributed by atoms with Crippen LogP contribution in [-0.2, 0) is 20.9 Å². The summed E-state index contributed by atoms with van der Waals surface area (Å²) in [5.41, 5.74) is 10.9. The van der Waals surface area contributed by atoms with Crippen molar-refractivity contribution in [2.75, 3.05) is 33.5 Å². The van der Waals surface area contributed by atoms with E-state index in [-0.39, 0.29) is 50.0 Å². The van der Waals surface area contributed by atoms with Crippen molar-refractivity contribution in [2.24, 2.45) is 22.9 Å². The highest BCUT2D eigenvalue weighted by atomic mass is 16.5. The summed E-state index contributed by atoms with van der Waals surface area (Å²) < 4.78 is 16.6. The number of aliphatic hydroxyl groups excluding tert-OH is 2. The number of hydrogen-bond acceptors (Lipinski definition) is 7. The molecule has 36 heavy (non-hydrogen) atoms. The summed E-state index contributed by atoms with van der Waals surface area (Å²) in [6, 6.07) is 4.58. The predicted octanol–water partition coefficient (Wildman–Crippen LogP) is 3.76. The first kappa shape index (κ1) is 31.7. The van der Waals surface area contributed by atoms with Gasteiger partial charge in [0.05, 0.1) is 44.6 Å². The highest BCUT2D eigenvalue weighted by Crippen LogP contribution is 2.23. The van der Waals surface area contributed by atoms with Gasteiger partial charge in [-0.3, -0.25) is 4.79 Å². The predicted molar refractivity (Wildman–Crippen MR) is 139 cm³/mol. The summed E-state index contributed by atoms with van der Waals surface area (Å²) in [7, 11) is 1.65. The van der Waals surface area contributed by atoms with Crippen LogP contribution in [0.1, 0.15) is 51.7 Å². The number of rotatable bonds is 18. The lowest BCUT2D eigenvalue weighted by atomic mass is 9.87. The Kier molecular flexibility index (Phi) is 15.1. The quantitative estimate of drug-likeness (QED) is 0.119. The molecule has 0 bridgehead atoms. The maximum Gasteiger partial charge on any atom is 0.223 e. The Bertz CT molecular complexity index is 829. The van der Waals surface area contributed by atoms with Crippen LogP contribution in [0, 0.1) is 24.7 Å². The second kappa shape index (κ2) is 17.2. The second-order valence-electron chi connectivity index (χ2n) is 9.78. The maximum absolute atomic E-state index is 12.9. The largest absolute Gasteiger partial charge is 0.493 e. The molecule has 4 atom stereocenters. The van der Waals surface area contributed by atoms with Gasteiger partial charge in [-0.2, -0.15) is 0 Å². The molecule has 10 nitrogen and oxygen atoms in total. The fourth-order valence-corrected chi connectivity index (χ4v) is 3.67. The average Bonchev–Trinajstić information content (AvgIpc) is 2.83. The van der Waals surface area contributed by atoms with Crippen LogP contribution in [0.15, 0.2) is 23.3 Å². The molecule has 3 N–H and O–H groups in total. The van der Waals surface area contributed by atoms with Gasteiger partial charge < -0.3 is 29.7 Å². The van der Waals surface area contributed by atoms with E-state index < -0.39 is 18.1 Å². The van der Waals surface area contributed by atoms with Crippen LogP contribution in [0.4, 0.5) is 0 Å². The number of carbonyl (C=O) groups excluding carboxylic acids is 1. The van der Waals surface area contributed by atoms with Gasteiger partial charge in [0.2, 0.25) is 5.91 Å². The molecule has 1 rings (SSSR count). The third kappa shape index (κ3) is 11.1. The number of nitrogens with one attached hydrogen (secondary N) is 1. The number of methoxy groups -OCH3 is 1. The van der Waals surface area contributed by atoms with Gasteiger partial charge in [0, 0.05) is 31.0 Å². The minimum Gasteiger partial charge on any atom is -0.493 e. The van der Waals surface area contributed by atoms with E-state index in [0.717, 1.165) is 23.3 Å². The fraction of sp³-hybridized carbons (Fsp3) is 0.731. The lowest BCUT2D eigenvalue weighted by Gasteiger charge is -2.28. The first-order valence-electron chi connectivity index (χ1n) is 12.6. The summed E-state index contributed by atoms with van der Waals surface area (Å²) >= 11 is 0. The first-order chi connectivity index (χ1) is 17.1. The molecule has 0 heterocycles. The number of aryl methyl sites for hydroxylation is 1. The van der Waals surface area contributed by atoms with Gasteiger partial charge in [0.15, 0.2) is 0 Å². The van der Waals surface area contributed by atoms with Crippen LogP contribution in [-0.4, -0.2) is 67.8 Å². The Morgan fingerprint density at radius 3 is 2.50 bits per heavy atom. The SMILES string of the molecule is COCCCOc1cc(COC[C@H](N=[N+]=[N-])[C@@H](O)C[C@H](C(=O)N[C@H](CO)C(C)C)C(C)C)ccc1C. The van der Waals surface area contributed by atoms with Gasteiger partial charge >= 0.3 is 0 Å². The molecule has 1 aromatic rings. The molecule has 0 fully saturated rings. The average molecular weight is 509 g/mol. The van der Waals surface area contributed by atoms with Gasteiger partial charge in [0.25, 0.3) is 0 Å². The lowest BCUT2D eigenvalue weighted by molar-refractivity contribution is -0.129. The zero-order valence-corrected chi connectivity index (χ0v) is 22.5. The molecule has 0 aliphatic carbocycles. The van der Waals surface area contributed by atoms with E-state index in [9.17, 15) is 15.0 Å². The summed E-state index contributed by atoms with van der Waals surface area (Å²) in [5.74, 6) is 0.0223. The molecule has 0 aliphatic rings. The van der Waals surface area contributed by atoms with Gasteiger partial charge in [0.1, 0.15) is 5.75 Å². The number of aliphatic hydroxyl groups is 2. The summed E-state index contributed by atoms with van der Waals surface area (Å²) in [6.45, 7) is 10.9. The lowest BCUT2D eigenvalue weighted by Crippen LogP contribution is -2.46. The summed E-state index contributed by atoms with van der Waals surface area (Å²) in [6.07, 6.45) is -0.171. The van der Waals surface area contributed by atoms with E-state index in [1.165, 1.54) is 0 Å². The standard InChI is InChI=1S/C26H44N4O6/c1-17(2)21(26(33)28-22(14-31)18(3)4)13-24(32)23(29-30-27)16-35-15-20-9-8-19(5)25(12-20)36-11-7-10-34-6/h8-9,12,17-18,21-24,31-32H,7,10-11,13-16H2,1-6H3,(H,28,33)/t21-,22+,23-,24-/m0/s1. The minimum atomic E-state index is -1.07.